The fourth-order valence-electron chi connectivity index (χ4n) is 2.51. The van der Waals surface area contributed by atoms with E-state index in [1.165, 1.54) is 6.07 Å². The summed E-state index contributed by atoms with van der Waals surface area (Å²) in [6, 6.07) is 4.61. The first-order valence-electron chi connectivity index (χ1n) is 7.30. The maximum atomic E-state index is 12.6. The van der Waals surface area contributed by atoms with Crippen LogP contribution in [0.5, 0.6) is 0 Å². The van der Waals surface area contributed by atoms with Crippen molar-refractivity contribution in [2.45, 2.75) is 19.4 Å². The summed E-state index contributed by atoms with van der Waals surface area (Å²) in [4.78, 5) is 26.7. The van der Waals surface area contributed by atoms with E-state index in [4.69, 9.17) is 4.74 Å². The van der Waals surface area contributed by atoms with Crippen LogP contribution in [0.25, 0.3) is 0 Å². The lowest BCUT2D eigenvalue weighted by Crippen LogP contribution is -2.45. The van der Waals surface area contributed by atoms with Crippen molar-refractivity contribution in [1.82, 2.24) is 4.90 Å². The van der Waals surface area contributed by atoms with Gasteiger partial charge in [0.2, 0.25) is 0 Å². The molecule has 120 valence electrons. The van der Waals surface area contributed by atoms with Gasteiger partial charge in [-0.25, -0.2) is 0 Å². The standard InChI is InChI=1S/C15H21N3O4/c1-4-12-10-17(7-8-22-12)15(19)11-5-6-13(16(2)3)14(9-11)18(20)21/h5-6,9,12H,4,7-8,10H2,1-3H3/t12-/m0/s1. The van der Waals surface area contributed by atoms with Crippen molar-refractivity contribution in [3.8, 4) is 0 Å². The first-order chi connectivity index (χ1) is 10.4. The minimum absolute atomic E-state index is 0.0359. The van der Waals surface area contributed by atoms with Crippen LogP contribution in [-0.4, -0.2) is 55.6 Å². The van der Waals surface area contributed by atoms with E-state index in [-0.39, 0.29) is 17.7 Å². The molecule has 7 heteroatoms. The molecule has 1 aromatic carbocycles. The fraction of sp³-hybridized carbons (Fsp3) is 0.533. The van der Waals surface area contributed by atoms with Gasteiger partial charge in [-0.2, -0.15) is 0 Å². The van der Waals surface area contributed by atoms with Gasteiger partial charge in [-0.1, -0.05) is 6.92 Å². The van der Waals surface area contributed by atoms with Crippen molar-refractivity contribution < 1.29 is 14.5 Å². The summed E-state index contributed by atoms with van der Waals surface area (Å²) in [6.45, 7) is 3.55. The van der Waals surface area contributed by atoms with Crippen molar-refractivity contribution in [3.63, 3.8) is 0 Å². The highest BCUT2D eigenvalue weighted by Gasteiger charge is 2.26. The molecule has 0 N–H and O–H groups in total. The Bertz CT molecular complexity index is 574. The van der Waals surface area contributed by atoms with Crippen LogP contribution in [-0.2, 0) is 4.74 Å². The molecule has 0 radical (unpaired) electrons. The van der Waals surface area contributed by atoms with Crippen molar-refractivity contribution in [2.75, 3.05) is 38.7 Å². The highest BCUT2D eigenvalue weighted by molar-refractivity contribution is 5.95. The number of benzene rings is 1. The molecular formula is C15H21N3O4. The topological polar surface area (TPSA) is 75.9 Å². The lowest BCUT2D eigenvalue weighted by Gasteiger charge is -2.32. The molecule has 2 rings (SSSR count). The van der Waals surface area contributed by atoms with Gasteiger partial charge in [0.1, 0.15) is 5.69 Å². The van der Waals surface area contributed by atoms with Gasteiger partial charge in [-0.05, 0) is 18.6 Å². The van der Waals surface area contributed by atoms with E-state index in [1.54, 1.807) is 36.0 Å². The molecule has 1 fully saturated rings. The minimum Gasteiger partial charge on any atom is -0.375 e. The van der Waals surface area contributed by atoms with E-state index in [2.05, 4.69) is 0 Å². The number of anilines is 1. The van der Waals surface area contributed by atoms with E-state index < -0.39 is 4.92 Å². The van der Waals surface area contributed by atoms with Crippen molar-refractivity contribution in [3.05, 3.63) is 33.9 Å². The Labute approximate surface area is 129 Å². The van der Waals surface area contributed by atoms with Crippen LogP contribution in [0.1, 0.15) is 23.7 Å². The van der Waals surface area contributed by atoms with E-state index in [0.29, 0.717) is 30.9 Å². The third-order valence-electron chi connectivity index (χ3n) is 3.78. The van der Waals surface area contributed by atoms with Gasteiger partial charge in [0.05, 0.1) is 17.6 Å². The summed E-state index contributed by atoms with van der Waals surface area (Å²) in [5.74, 6) is -0.185. The quantitative estimate of drug-likeness (QED) is 0.627. The lowest BCUT2D eigenvalue weighted by molar-refractivity contribution is -0.384. The summed E-state index contributed by atoms with van der Waals surface area (Å²) in [5, 5.41) is 11.2. The van der Waals surface area contributed by atoms with E-state index in [0.717, 1.165) is 6.42 Å². The summed E-state index contributed by atoms with van der Waals surface area (Å²) < 4.78 is 5.55. The smallest absolute Gasteiger partial charge is 0.293 e. The second kappa shape index (κ2) is 6.74. The number of ether oxygens (including phenoxy) is 1. The second-order valence-corrected chi connectivity index (χ2v) is 5.51. The number of carbonyl (C=O) groups is 1. The summed E-state index contributed by atoms with van der Waals surface area (Å²) in [7, 11) is 3.47. The average molecular weight is 307 g/mol. The maximum Gasteiger partial charge on any atom is 0.293 e. The molecule has 1 saturated heterocycles. The van der Waals surface area contributed by atoms with Crippen LogP contribution in [0.3, 0.4) is 0 Å². The third-order valence-corrected chi connectivity index (χ3v) is 3.78. The number of nitro groups is 1. The molecule has 1 aromatic rings. The van der Waals surface area contributed by atoms with E-state index >= 15 is 0 Å². The number of hydrogen-bond acceptors (Lipinski definition) is 5. The Hall–Kier alpha value is -2.15. The Morgan fingerprint density at radius 2 is 2.23 bits per heavy atom. The zero-order chi connectivity index (χ0) is 16.3. The number of amides is 1. The first-order valence-corrected chi connectivity index (χ1v) is 7.30. The summed E-state index contributed by atoms with van der Waals surface area (Å²) >= 11 is 0. The van der Waals surface area contributed by atoms with Crippen molar-refractivity contribution >= 4 is 17.3 Å². The van der Waals surface area contributed by atoms with Gasteiger partial charge in [-0.3, -0.25) is 14.9 Å². The molecule has 0 bridgehead atoms. The summed E-state index contributed by atoms with van der Waals surface area (Å²) in [6.07, 6.45) is 0.873. The molecule has 7 nitrogen and oxygen atoms in total. The zero-order valence-corrected chi connectivity index (χ0v) is 13.1. The molecule has 0 aromatic heterocycles. The molecule has 0 unspecified atom stereocenters. The van der Waals surface area contributed by atoms with Gasteiger partial charge in [-0.15, -0.1) is 0 Å². The summed E-state index contributed by atoms with van der Waals surface area (Å²) in [5.41, 5.74) is 0.764. The highest BCUT2D eigenvalue weighted by atomic mass is 16.6. The second-order valence-electron chi connectivity index (χ2n) is 5.51. The molecule has 1 amide bonds. The monoisotopic (exact) mass is 307 g/mol. The molecule has 22 heavy (non-hydrogen) atoms. The van der Waals surface area contributed by atoms with Gasteiger partial charge in [0.15, 0.2) is 0 Å². The molecule has 1 aliphatic rings. The maximum absolute atomic E-state index is 12.6. The Kier molecular flexibility index (Phi) is 4.97. The molecule has 1 heterocycles. The number of carbonyl (C=O) groups excluding carboxylic acids is 1. The zero-order valence-electron chi connectivity index (χ0n) is 13.1. The van der Waals surface area contributed by atoms with Crippen LogP contribution in [0, 0.1) is 10.1 Å². The molecular weight excluding hydrogens is 286 g/mol. The van der Waals surface area contributed by atoms with Crippen LogP contribution in [0.15, 0.2) is 18.2 Å². The number of nitrogens with zero attached hydrogens (tertiary/aromatic N) is 3. The van der Waals surface area contributed by atoms with E-state index in [1.807, 2.05) is 6.92 Å². The highest BCUT2D eigenvalue weighted by Crippen LogP contribution is 2.28. The molecule has 0 aliphatic carbocycles. The van der Waals surface area contributed by atoms with Crippen molar-refractivity contribution in [2.24, 2.45) is 0 Å². The first kappa shape index (κ1) is 16.2. The molecule has 1 atom stereocenters. The largest absolute Gasteiger partial charge is 0.375 e. The SMILES string of the molecule is CC[C@H]1CN(C(=O)c2ccc(N(C)C)c([N+](=O)[O-])c2)CCO1. The predicted molar refractivity (Wildman–Crippen MR) is 83.4 cm³/mol. The van der Waals surface area contributed by atoms with Gasteiger partial charge in [0, 0.05) is 38.8 Å². The third kappa shape index (κ3) is 3.36. The van der Waals surface area contributed by atoms with Gasteiger partial charge in [0.25, 0.3) is 11.6 Å². The van der Waals surface area contributed by atoms with Crippen molar-refractivity contribution in [1.29, 1.82) is 0 Å². The average Bonchev–Trinajstić information content (AvgIpc) is 2.53. The van der Waals surface area contributed by atoms with Gasteiger partial charge < -0.3 is 14.5 Å². The Balaban J connectivity index is 2.26. The number of hydrogen-bond donors (Lipinski definition) is 0. The minimum atomic E-state index is -0.458. The van der Waals surface area contributed by atoms with Gasteiger partial charge >= 0.3 is 0 Å². The Morgan fingerprint density at radius 3 is 2.82 bits per heavy atom. The number of nitro benzene ring substituents is 1. The van der Waals surface area contributed by atoms with Crippen LogP contribution in [0.2, 0.25) is 0 Å². The Morgan fingerprint density at radius 1 is 1.50 bits per heavy atom. The van der Waals surface area contributed by atoms with E-state index in [9.17, 15) is 14.9 Å². The predicted octanol–water partition coefficient (Wildman–Crippen LogP) is 1.91. The number of rotatable bonds is 4. The molecule has 1 aliphatic heterocycles. The van der Waals surface area contributed by atoms with Crippen LogP contribution < -0.4 is 4.90 Å². The van der Waals surface area contributed by atoms with Crippen LogP contribution in [0.4, 0.5) is 11.4 Å². The normalized spacial score (nSPS) is 18.1. The number of morpholine rings is 1. The fourth-order valence-corrected chi connectivity index (χ4v) is 2.51. The molecule has 0 spiro atoms. The lowest BCUT2D eigenvalue weighted by atomic mass is 10.1. The van der Waals surface area contributed by atoms with Crippen LogP contribution >= 0.6 is 0 Å². The molecule has 0 saturated carbocycles.